The number of aromatic nitrogens is 2. The molecule has 0 aliphatic rings. The molecule has 0 atom stereocenters. The summed E-state index contributed by atoms with van der Waals surface area (Å²) in [5, 5.41) is 0. The van der Waals surface area contributed by atoms with Gasteiger partial charge in [-0.3, -0.25) is 0 Å². The van der Waals surface area contributed by atoms with Gasteiger partial charge in [0.05, 0.1) is 13.1 Å². The van der Waals surface area contributed by atoms with E-state index < -0.39 is 0 Å². The van der Waals surface area contributed by atoms with E-state index in [4.69, 9.17) is 0 Å². The van der Waals surface area contributed by atoms with Crippen LogP contribution < -0.4 is 4.57 Å². The lowest BCUT2D eigenvalue weighted by atomic mass is 10.1. The highest BCUT2D eigenvalue weighted by molar-refractivity contribution is 4.84. The van der Waals surface area contributed by atoms with Crippen molar-refractivity contribution in [3.8, 4) is 0 Å². The Morgan fingerprint density at radius 1 is 0.472 bits per heavy atom. The Hall–Kier alpha value is -0.790. The molecule has 2 heteroatoms. The number of hydrogen-bond donors (Lipinski definition) is 0. The van der Waals surface area contributed by atoms with Gasteiger partial charge in [-0.15, -0.1) is 0 Å². The highest BCUT2D eigenvalue weighted by atomic mass is 15.1. The van der Waals surface area contributed by atoms with E-state index in [0.717, 1.165) is 0 Å². The van der Waals surface area contributed by atoms with Crippen LogP contribution in [0.25, 0.3) is 0 Å². The van der Waals surface area contributed by atoms with Crippen LogP contribution in [0, 0.1) is 0 Å². The molecule has 1 aromatic rings. The molecule has 0 amide bonds. The molecule has 0 fully saturated rings. The maximum atomic E-state index is 2.62. The van der Waals surface area contributed by atoms with Crippen molar-refractivity contribution in [1.29, 1.82) is 0 Å². The smallest absolute Gasteiger partial charge is 0.234 e. The molecule has 0 radical (unpaired) electrons. The lowest BCUT2D eigenvalue weighted by Gasteiger charge is -2.07. The Morgan fingerprint density at radius 3 is 1.33 bits per heavy atom. The van der Waals surface area contributed by atoms with Crippen molar-refractivity contribution in [2.75, 3.05) is 0 Å². The minimum Gasteiger partial charge on any atom is -0.234 e. The molecule has 0 unspecified atom stereocenters. The monoisotopic (exact) mass is 504 g/mol. The quantitative estimate of drug-likeness (QED) is 0.0794. The summed E-state index contributed by atoms with van der Waals surface area (Å²) in [7, 11) is 0. The van der Waals surface area contributed by atoms with Crippen molar-refractivity contribution < 1.29 is 4.57 Å². The molecule has 0 aliphatic heterocycles. The van der Waals surface area contributed by atoms with Crippen LogP contribution in [0.2, 0.25) is 0 Å². The molecule has 0 bridgehead atoms. The molecule has 36 heavy (non-hydrogen) atoms. The van der Waals surface area contributed by atoms with Crippen molar-refractivity contribution >= 4 is 0 Å². The van der Waals surface area contributed by atoms with E-state index in [0.29, 0.717) is 0 Å². The number of imidazole rings is 1. The predicted octanol–water partition coefficient (Wildman–Crippen LogP) is 11.1. The molecule has 1 rings (SSSR count). The Bertz CT molecular complexity index is 562. The number of hydrogen-bond acceptors (Lipinski definition) is 0. The van der Waals surface area contributed by atoms with Crippen LogP contribution in [0.4, 0.5) is 0 Å². The lowest BCUT2D eigenvalue weighted by Crippen LogP contribution is -2.37. The summed E-state index contributed by atoms with van der Waals surface area (Å²) in [4.78, 5) is 0. The molecule has 1 heterocycles. The molecule has 0 aromatic carbocycles. The number of rotatable bonds is 28. The topological polar surface area (TPSA) is 8.81 Å². The second kappa shape index (κ2) is 25.8. The largest absolute Gasteiger partial charge is 0.256 e. The third-order valence-electron chi connectivity index (χ3n) is 8.10. The van der Waals surface area contributed by atoms with Gasteiger partial charge in [0.1, 0.15) is 12.4 Å². The van der Waals surface area contributed by atoms with Crippen molar-refractivity contribution in [3.05, 3.63) is 18.2 Å². The predicted molar refractivity (Wildman–Crippen MR) is 161 cm³/mol. The Kier molecular flexibility index (Phi) is 23.9. The third kappa shape index (κ3) is 18.5. The summed E-state index contributed by atoms with van der Waals surface area (Å²) >= 11 is 0. The fraction of sp³-hybridized carbons (Fsp3) is 0.912. The van der Waals surface area contributed by atoms with E-state index in [1.165, 1.54) is 180 Å². The first kappa shape index (κ1) is 33.2. The van der Waals surface area contributed by atoms with E-state index in [1.54, 1.807) is 5.82 Å². The molecular weight excluding hydrogens is 436 g/mol. The summed E-state index contributed by atoms with van der Waals surface area (Å²) < 4.78 is 5.23. The van der Waals surface area contributed by atoms with Crippen LogP contribution in [0.15, 0.2) is 12.4 Å². The van der Waals surface area contributed by atoms with Crippen LogP contribution in [-0.4, -0.2) is 4.57 Å². The van der Waals surface area contributed by atoms with Crippen LogP contribution in [0.3, 0.4) is 0 Å². The zero-order chi connectivity index (χ0) is 25.9. The molecule has 212 valence electrons. The van der Waals surface area contributed by atoms with E-state index in [2.05, 4.69) is 42.3 Å². The summed E-state index contributed by atoms with van der Waals surface area (Å²) in [6, 6.07) is 0. The summed E-state index contributed by atoms with van der Waals surface area (Å²) in [5.41, 5.74) is 0. The standard InChI is InChI=1S/C34H67N2/c1-4-7-10-13-16-18-19-20-21-23-26-29-34-35(30-27-24-15-12-9-6-3)32-33-36(34)31-28-25-22-17-14-11-8-5-2/h32-33H,4-31H2,1-3H3/q+1. The summed E-state index contributed by atoms with van der Waals surface area (Å²) in [6.07, 6.45) is 41.4. The normalized spacial score (nSPS) is 11.5. The van der Waals surface area contributed by atoms with Gasteiger partial charge in [0, 0.05) is 6.42 Å². The van der Waals surface area contributed by atoms with Gasteiger partial charge < -0.3 is 0 Å². The van der Waals surface area contributed by atoms with Crippen LogP contribution in [-0.2, 0) is 19.5 Å². The minimum atomic E-state index is 1.23. The minimum absolute atomic E-state index is 1.23. The Labute approximate surface area is 228 Å². The van der Waals surface area contributed by atoms with Crippen molar-refractivity contribution in [2.24, 2.45) is 0 Å². The molecule has 0 spiro atoms. The van der Waals surface area contributed by atoms with Crippen LogP contribution in [0.1, 0.15) is 187 Å². The SMILES string of the molecule is CCCCCCCCCCCCCc1n(CCCCCCCC)cc[n+]1CCCCCCCCCC. The average molecular weight is 504 g/mol. The molecule has 0 saturated carbocycles. The third-order valence-corrected chi connectivity index (χ3v) is 8.10. The Balaban J connectivity index is 2.33. The first-order valence-corrected chi connectivity index (χ1v) is 16.9. The van der Waals surface area contributed by atoms with Crippen LogP contribution in [0.5, 0.6) is 0 Å². The van der Waals surface area contributed by atoms with Gasteiger partial charge in [0.15, 0.2) is 0 Å². The summed E-state index contributed by atoms with van der Waals surface area (Å²) in [5.74, 6) is 1.61. The van der Waals surface area contributed by atoms with E-state index >= 15 is 0 Å². The number of aryl methyl sites for hydroxylation is 2. The lowest BCUT2D eigenvalue weighted by molar-refractivity contribution is -0.704. The van der Waals surface area contributed by atoms with Gasteiger partial charge in [-0.1, -0.05) is 149 Å². The maximum Gasteiger partial charge on any atom is 0.256 e. The fourth-order valence-electron chi connectivity index (χ4n) is 5.62. The second-order valence-corrected chi connectivity index (χ2v) is 11.6. The van der Waals surface area contributed by atoms with Gasteiger partial charge >= 0.3 is 0 Å². The molecule has 0 saturated heterocycles. The van der Waals surface area contributed by atoms with Gasteiger partial charge in [-0.05, 0) is 32.1 Å². The highest BCUT2D eigenvalue weighted by Crippen LogP contribution is 2.14. The van der Waals surface area contributed by atoms with Gasteiger partial charge in [0.25, 0.3) is 5.82 Å². The Morgan fingerprint density at radius 2 is 0.861 bits per heavy atom. The molecule has 2 nitrogen and oxygen atoms in total. The molecule has 0 N–H and O–H groups in total. The van der Waals surface area contributed by atoms with Crippen LogP contribution >= 0.6 is 0 Å². The summed E-state index contributed by atoms with van der Waals surface area (Å²) in [6.45, 7) is 9.38. The van der Waals surface area contributed by atoms with Crippen molar-refractivity contribution in [1.82, 2.24) is 4.57 Å². The molecule has 0 aliphatic carbocycles. The first-order valence-electron chi connectivity index (χ1n) is 16.9. The molecule has 1 aromatic heterocycles. The highest BCUT2D eigenvalue weighted by Gasteiger charge is 2.16. The maximum absolute atomic E-state index is 2.62. The fourth-order valence-corrected chi connectivity index (χ4v) is 5.62. The van der Waals surface area contributed by atoms with Gasteiger partial charge in [-0.2, -0.15) is 0 Å². The van der Waals surface area contributed by atoms with E-state index in [9.17, 15) is 0 Å². The second-order valence-electron chi connectivity index (χ2n) is 11.6. The van der Waals surface area contributed by atoms with E-state index in [-0.39, 0.29) is 0 Å². The zero-order valence-corrected chi connectivity index (χ0v) is 25.3. The average Bonchev–Trinajstić information content (AvgIpc) is 3.27. The zero-order valence-electron chi connectivity index (χ0n) is 25.3. The van der Waals surface area contributed by atoms with Crippen molar-refractivity contribution in [3.63, 3.8) is 0 Å². The molecular formula is C34H67N2+. The van der Waals surface area contributed by atoms with Gasteiger partial charge in [0.2, 0.25) is 0 Å². The first-order chi connectivity index (χ1) is 17.8. The van der Waals surface area contributed by atoms with Crippen molar-refractivity contribution in [2.45, 2.75) is 201 Å². The number of unbranched alkanes of at least 4 members (excludes halogenated alkanes) is 22. The number of nitrogens with zero attached hydrogens (tertiary/aromatic N) is 2. The van der Waals surface area contributed by atoms with E-state index in [1.807, 2.05) is 0 Å². The van der Waals surface area contributed by atoms with Gasteiger partial charge in [-0.25, -0.2) is 9.13 Å².